The summed E-state index contributed by atoms with van der Waals surface area (Å²) in [6.07, 6.45) is 10.6. The van der Waals surface area contributed by atoms with Gasteiger partial charge < -0.3 is 13.3 Å². The Labute approximate surface area is 239 Å². The van der Waals surface area contributed by atoms with E-state index in [-0.39, 0.29) is 0 Å². The monoisotopic (exact) mass is 556 g/mol. The fourth-order valence-corrected chi connectivity index (χ4v) is 4.31. The molecule has 0 spiro atoms. The number of nitrogens with zero attached hydrogens (tertiary/aromatic N) is 8. The quantitative estimate of drug-likeness (QED) is 0.422. The van der Waals surface area contributed by atoms with Gasteiger partial charge in [0.1, 0.15) is 34.6 Å². The molecule has 0 fully saturated rings. The highest BCUT2D eigenvalue weighted by Crippen LogP contribution is 2.06. The Morgan fingerprint density at radius 3 is 0.732 bits per heavy atom. The van der Waals surface area contributed by atoms with E-state index in [1.165, 1.54) is 0 Å². The van der Waals surface area contributed by atoms with Gasteiger partial charge in [0.25, 0.3) is 0 Å². The third kappa shape index (κ3) is 9.73. The number of hydrogen-bond donors (Lipinski definition) is 0. The Bertz CT molecular complexity index is 1130. The predicted octanol–water partition coefficient (Wildman–Crippen LogP) is 3.01. The van der Waals surface area contributed by atoms with Crippen molar-refractivity contribution >= 4 is 37.3 Å². The minimum absolute atomic E-state index is 0.634. The van der Waals surface area contributed by atoms with Crippen LogP contribution in [0.1, 0.15) is 34.6 Å². The third-order valence-corrected chi connectivity index (χ3v) is 6.53. The van der Waals surface area contributed by atoms with Crippen LogP contribution in [0, 0.1) is 0 Å². The van der Waals surface area contributed by atoms with Crippen LogP contribution in [-0.4, -0.2) is 126 Å². The largest absolute Gasteiger partial charge is 0.454 e. The number of furan rings is 3. The summed E-state index contributed by atoms with van der Waals surface area (Å²) in [4.78, 5) is 32.1. The van der Waals surface area contributed by atoms with Crippen LogP contribution in [-0.2, 0) is 0 Å². The minimum Gasteiger partial charge on any atom is -0.454 e. The molecule has 0 aromatic carbocycles. The molecule has 0 saturated heterocycles. The average Bonchev–Trinajstić information content (AvgIpc) is 3.74. The van der Waals surface area contributed by atoms with Gasteiger partial charge in [-0.15, -0.1) is 0 Å². The molecule has 0 aliphatic carbocycles. The smallest absolute Gasteiger partial charge is 0.145 e. The van der Waals surface area contributed by atoms with Crippen LogP contribution < -0.4 is 0 Å². The molecule has 0 radical (unpaired) electrons. The molecule has 41 heavy (non-hydrogen) atoms. The summed E-state index contributed by atoms with van der Waals surface area (Å²) in [5.41, 5.74) is 0. The maximum Gasteiger partial charge on any atom is 0.145 e. The van der Waals surface area contributed by atoms with Crippen LogP contribution in [0.5, 0.6) is 0 Å². The molecule has 0 amide bonds. The van der Waals surface area contributed by atoms with Crippen LogP contribution in [0.3, 0.4) is 0 Å². The predicted molar refractivity (Wildman–Crippen MR) is 164 cm³/mol. The molecule has 6 heterocycles. The summed E-state index contributed by atoms with van der Waals surface area (Å²) in [6.45, 7) is 8.45. The maximum atomic E-state index is 5.86. The van der Waals surface area contributed by atoms with Crippen molar-refractivity contribution in [2.75, 3.05) is 78.5 Å². The topological polar surface area (TPSA) is 120 Å². The molecule has 3 aromatic heterocycles. The average molecular weight is 557 g/mol. The SMILES string of the molecule is C1=NCCN2CCN=Cc3ccc(o3)C=NCCN(CCN=Cc3ccc1o3)CCN=Cc1ccc(o1)C=NCC2. The number of aliphatic imine (C=N–C) groups is 6. The van der Waals surface area contributed by atoms with Gasteiger partial charge in [-0.2, -0.15) is 0 Å². The Morgan fingerprint density at radius 2 is 0.537 bits per heavy atom. The summed E-state index contributed by atoms with van der Waals surface area (Å²) in [7, 11) is 0. The van der Waals surface area contributed by atoms with Crippen LogP contribution in [0.15, 0.2) is 79.6 Å². The van der Waals surface area contributed by atoms with Crippen molar-refractivity contribution in [1.29, 1.82) is 0 Å². The lowest BCUT2D eigenvalue weighted by Gasteiger charge is -2.19. The van der Waals surface area contributed by atoms with Crippen LogP contribution in [0.2, 0.25) is 0 Å². The molecule has 8 bridgehead atoms. The van der Waals surface area contributed by atoms with E-state index in [4.69, 9.17) is 13.3 Å². The van der Waals surface area contributed by atoms with Crippen molar-refractivity contribution in [1.82, 2.24) is 9.80 Å². The van der Waals surface area contributed by atoms with E-state index >= 15 is 0 Å². The molecule has 214 valence electrons. The molecule has 11 nitrogen and oxygen atoms in total. The lowest BCUT2D eigenvalue weighted by molar-refractivity contribution is 0.298. The first-order valence-corrected chi connectivity index (χ1v) is 14.0. The van der Waals surface area contributed by atoms with E-state index < -0.39 is 0 Å². The summed E-state index contributed by atoms with van der Waals surface area (Å²) >= 11 is 0. The normalized spacial score (nSPS) is 21.4. The van der Waals surface area contributed by atoms with Gasteiger partial charge in [-0.05, 0) is 36.4 Å². The van der Waals surface area contributed by atoms with Gasteiger partial charge in [-0.1, -0.05) is 0 Å². The second-order valence-electron chi connectivity index (χ2n) is 9.62. The second-order valence-corrected chi connectivity index (χ2v) is 9.62. The van der Waals surface area contributed by atoms with Gasteiger partial charge in [0.05, 0.1) is 76.6 Å². The Hall–Kier alpha value is -4.22. The van der Waals surface area contributed by atoms with Gasteiger partial charge >= 0.3 is 0 Å². The highest BCUT2D eigenvalue weighted by Gasteiger charge is 2.07. The second kappa shape index (κ2) is 15.5. The zero-order valence-corrected chi connectivity index (χ0v) is 23.2. The lowest BCUT2D eigenvalue weighted by Crippen LogP contribution is -2.31. The lowest BCUT2D eigenvalue weighted by atomic mass is 10.4. The summed E-state index contributed by atoms with van der Waals surface area (Å²) in [6, 6.07) is 11.5. The highest BCUT2D eigenvalue weighted by atomic mass is 16.3. The van der Waals surface area contributed by atoms with Crippen molar-refractivity contribution in [2.24, 2.45) is 30.0 Å². The third-order valence-electron chi connectivity index (χ3n) is 6.53. The molecule has 11 heteroatoms. The molecular formula is C30H36N8O3. The van der Waals surface area contributed by atoms with E-state index in [1.807, 2.05) is 36.4 Å². The van der Waals surface area contributed by atoms with Gasteiger partial charge in [0, 0.05) is 39.3 Å². The van der Waals surface area contributed by atoms with Crippen LogP contribution in [0.4, 0.5) is 0 Å². The Balaban J connectivity index is 1.37. The molecule has 3 aliphatic rings. The standard InChI is InChI=1S/C30H36N8O3/c1-2-26-20-32-8-14-38-17-11-35-23-29-5-3-27(40-29)21-33-9-15-37(13-7-31-19-25(1)39-26)16-10-34-22-28-4-6-30(41-28)24-36-12-18-38/h1-6,19-24H,7-18H2. The summed E-state index contributed by atoms with van der Waals surface area (Å²) in [5, 5.41) is 0. The molecule has 3 aromatic rings. The van der Waals surface area contributed by atoms with Gasteiger partial charge in [0.15, 0.2) is 0 Å². The molecular weight excluding hydrogens is 520 g/mol. The van der Waals surface area contributed by atoms with E-state index in [9.17, 15) is 0 Å². The molecule has 0 N–H and O–H groups in total. The Morgan fingerprint density at radius 1 is 0.341 bits per heavy atom. The fraction of sp³-hybridized carbons (Fsp3) is 0.400. The van der Waals surface area contributed by atoms with Gasteiger partial charge in [-0.3, -0.25) is 39.8 Å². The highest BCUT2D eigenvalue weighted by molar-refractivity contribution is 5.82. The molecule has 0 unspecified atom stereocenters. The first kappa shape index (κ1) is 28.3. The summed E-state index contributed by atoms with van der Waals surface area (Å²) in [5.74, 6) is 4.27. The van der Waals surface area contributed by atoms with Crippen molar-refractivity contribution in [3.05, 3.63) is 71.0 Å². The number of fused-ring (bicyclic) bond motifs is 12. The van der Waals surface area contributed by atoms with E-state index in [1.54, 1.807) is 37.3 Å². The number of hydrogen-bond acceptors (Lipinski definition) is 11. The van der Waals surface area contributed by atoms with Crippen LogP contribution >= 0.6 is 0 Å². The van der Waals surface area contributed by atoms with E-state index in [2.05, 4.69) is 39.8 Å². The fourth-order valence-electron chi connectivity index (χ4n) is 4.31. The van der Waals surface area contributed by atoms with Crippen molar-refractivity contribution < 1.29 is 13.3 Å². The van der Waals surface area contributed by atoms with Gasteiger partial charge in [0.2, 0.25) is 0 Å². The minimum atomic E-state index is 0.634. The Kier molecular flexibility index (Phi) is 10.7. The van der Waals surface area contributed by atoms with Gasteiger partial charge in [-0.25, -0.2) is 0 Å². The molecule has 0 saturated carbocycles. The zero-order valence-electron chi connectivity index (χ0n) is 23.2. The maximum absolute atomic E-state index is 5.86. The molecule has 3 aliphatic heterocycles. The first-order valence-electron chi connectivity index (χ1n) is 14.0. The van der Waals surface area contributed by atoms with E-state index in [0.29, 0.717) is 73.8 Å². The van der Waals surface area contributed by atoms with Crippen molar-refractivity contribution in [2.45, 2.75) is 0 Å². The van der Waals surface area contributed by atoms with Crippen molar-refractivity contribution in [3.8, 4) is 0 Å². The zero-order chi connectivity index (χ0) is 28.0. The first-order chi connectivity index (χ1) is 20.3. The van der Waals surface area contributed by atoms with E-state index in [0.717, 1.165) is 39.3 Å². The molecule has 0 atom stereocenters. The van der Waals surface area contributed by atoms with Crippen LogP contribution in [0.25, 0.3) is 0 Å². The number of rotatable bonds is 0. The summed E-state index contributed by atoms with van der Waals surface area (Å²) < 4.78 is 17.6. The van der Waals surface area contributed by atoms with Crippen molar-refractivity contribution in [3.63, 3.8) is 0 Å². The molecule has 6 rings (SSSR count).